The number of nitrogens with zero attached hydrogens (tertiary/aromatic N) is 2. The van der Waals surface area contributed by atoms with Gasteiger partial charge in [0.25, 0.3) is 0 Å². The van der Waals surface area contributed by atoms with Crippen LogP contribution in [0.15, 0.2) is 58.3 Å². The Hall–Kier alpha value is -1.88. The van der Waals surface area contributed by atoms with Gasteiger partial charge in [-0.2, -0.15) is 8.61 Å². The maximum atomic E-state index is 13.4. The second kappa shape index (κ2) is 7.27. The highest BCUT2D eigenvalue weighted by Gasteiger charge is 2.38. The molecule has 6 nitrogen and oxygen atoms in total. The van der Waals surface area contributed by atoms with Gasteiger partial charge in [0.1, 0.15) is 11.6 Å². The van der Waals surface area contributed by atoms with Gasteiger partial charge in [0.15, 0.2) is 0 Å². The Morgan fingerprint density at radius 1 is 0.852 bits per heavy atom. The minimum Gasteiger partial charge on any atom is -0.207 e. The number of rotatable bonds is 4. The van der Waals surface area contributed by atoms with Gasteiger partial charge in [0.2, 0.25) is 20.0 Å². The van der Waals surface area contributed by atoms with Gasteiger partial charge in [0.05, 0.1) is 9.79 Å². The zero-order valence-electron chi connectivity index (χ0n) is 14.4. The molecule has 1 unspecified atom stereocenters. The molecule has 0 saturated carbocycles. The third-order valence-electron chi connectivity index (χ3n) is 4.37. The first-order chi connectivity index (χ1) is 12.6. The van der Waals surface area contributed by atoms with Crippen LogP contribution in [0.5, 0.6) is 0 Å². The standard InChI is InChI=1S/C17H18F2N2O4S2/c1-13-12-20(26(22,23)16-6-2-4-14(18)10-16)8-9-21(13)27(24,25)17-7-3-5-15(19)11-17/h2-7,10-11,13H,8-9,12H2,1H3. The van der Waals surface area contributed by atoms with Crippen molar-refractivity contribution in [2.24, 2.45) is 0 Å². The maximum absolute atomic E-state index is 13.4. The van der Waals surface area contributed by atoms with Crippen molar-refractivity contribution >= 4 is 20.0 Å². The van der Waals surface area contributed by atoms with E-state index in [2.05, 4.69) is 0 Å². The first-order valence-electron chi connectivity index (χ1n) is 8.15. The van der Waals surface area contributed by atoms with E-state index in [4.69, 9.17) is 0 Å². The van der Waals surface area contributed by atoms with E-state index in [-0.39, 0.29) is 29.4 Å². The number of hydrogen-bond acceptors (Lipinski definition) is 4. The van der Waals surface area contributed by atoms with Crippen LogP contribution in [0.2, 0.25) is 0 Å². The molecule has 146 valence electrons. The van der Waals surface area contributed by atoms with E-state index in [1.54, 1.807) is 6.92 Å². The van der Waals surface area contributed by atoms with Crippen molar-refractivity contribution in [2.75, 3.05) is 19.6 Å². The predicted molar refractivity (Wildman–Crippen MR) is 94.9 cm³/mol. The molecule has 0 radical (unpaired) electrons. The van der Waals surface area contributed by atoms with E-state index in [1.165, 1.54) is 24.3 Å². The first-order valence-corrected chi connectivity index (χ1v) is 11.0. The van der Waals surface area contributed by atoms with Crippen LogP contribution in [-0.4, -0.2) is 51.1 Å². The topological polar surface area (TPSA) is 74.8 Å². The van der Waals surface area contributed by atoms with Gasteiger partial charge in [-0.15, -0.1) is 0 Å². The van der Waals surface area contributed by atoms with Gasteiger partial charge in [-0.25, -0.2) is 25.6 Å². The minimum atomic E-state index is -3.96. The maximum Gasteiger partial charge on any atom is 0.243 e. The van der Waals surface area contributed by atoms with Crippen LogP contribution in [0.1, 0.15) is 6.92 Å². The van der Waals surface area contributed by atoms with E-state index in [0.29, 0.717) is 0 Å². The van der Waals surface area contributed by atoms with E-state index < -0.39 is 37.7 Å². The lowest BCUT2D eigenvalue weighted by Crippen LogP contribution is -2.55. The second-order valence-corrected chi connectivity index (χ2v) is 10.1. The number of sulfonamides is 2. The van der Waals surface area contributed by atoms with Crippen molar-refractivity contribution in [2.45, 2.75) is 22.8 Å². The molecule has 10 heteroatoms. The Kier molecular flexibility index (Phi) is 5.35. The highest BCUT2D eigenvalue weighted by atomic mass is 32.2. The summed E-state index contributed by atoms with van der Waals surface area (Å²) in [7, 11) is -7.91. The molecular weight excluding hydrogens is 398 g/mol. The molecule has 1 aliphatic heterocycles. The quantitative estimate of drug-likeness (QED) is 0.765. The number of halogens is 2. The predicted octanol–water partition coefficient (Wildman–Crippen LogP) is 2.05. The monoisotopic (exact) mass is 416 g/mol. The zero-order chi connectivity index (χ0) is 19.8. The Morgan fingerprint density at radius 3 is 1.85 bits per heavy atom. The fourth-order valence-electron chi connectivity index (χ4n) is 3.02. The van der Waals surface area contributed by atoms with Crippen molar-refractivity contribution in [3.63, 3.8) is 0 Å². The highest BCUT2D eigenvalue weighted by Crippen LogP contribution is 2.25. The van der Waals surface area contributed by atoms with Crippen LogP contribution in [-0.2, 0) is 20.0 Å². The SMILES string of the molecule is CC1CN(S(=O)(=O)c2cccc(F)c2)CCN1S(=O)(=O)c1cccc(F)c1. The van der Waals surface area contributed by atoms with Crippen molar-refractivity contribution in [1.29, 1.82) is 0 Å². The van der Waals surface area contributed by atoms with Gasteiger partial charge in [-0.1, -0.05) is 12.1 Å². The molecule has 0 N–H and O–H groups in total. The molecule has 27 heavy (non-hydrogen) atoms. The average molecular weight is 416 g/mol. The molecule has 0 spiro atoms. The van der Waals surface area contributed by atoms with Gasteiger partial charge in [0, 0.05) is 25.7 Å². The summed E-state index contributed by atoms with van der Waals surface area (Å²) in [6.07, 6.45) is 0. The van der Waals surface area contributed by atoms with E-state index >= 15 is 0 Å². The summed E-state index contributed by atoms with van der Waals surface area (Å²) in [6, 6.07) is 8.66. The Bertz CT molecular complexity index is 1060. The summed E-state index contributed by atoms with van der Waals surface area (Å²) < 4.78 is 80.0. The summed E-state index contributed by atoms with van der Waals surface area (Å²) >= 11 is 0. The molecular formula is C17H18F2N2O4S2. The Morgan fingerprint density at radius 2 is 1.37 bits per heavy atom. The van der Waals surface area contributed by atoms with Gasteiger partial charge < -0.3 is 0 Å². The lowest BCUT2D eigenvalue weighted by molar-refractivity contribution is 0.212. The lowest BCUT2D eigenvalue weighted by Gasteiger charge is -2.38. The molecule has 0 amide bonds. The summed E-state index contributed by atoms with van der Waals surface area (Å²) in [5.74, 6) is -1.34. The molecule has 0 aromatic heterocycles. The molecule has 1 fully saturated rings. The number of benzene rings is 2. The third kappa shape index (κ3) is 3.88. The van der Waals surface area contributed by atoms with Crippen LogP contribution in [0.4, 0.5) is 8.78 Å². The normalized spacial score (nSPS) is 19.9. The molecule has 1 atom stereocenters. The third-order valence-corrected chi connectivity index (χ3v) is 8.24. The van der Waals surface area contributed by atoms with Crippen molar-refractivity contribution in [3.05, 3.63) is 60.2 Å². The largest absolute Gasteiger partial charge is 0.243 e. The van der Waals surface area contributed by atoms with Crippen LogP contribution in [0.3, 0.4) is 0 Å². The van der Waals surface area contributed by atoms with Crippen LogP contribution in [0.25, 0.3) is 0 Å². The van der Waals surface area contributed by atoms with E-state index in [9.17, 15) is 25.6 Å². The van der Waals surface area contributed by atoms with Crippen molar-refractivity contribution < 1.29 is 25.6 Å². The smallest absolute Gasteiger partial charge is 0.207 e. The minimum absolute atomic E-state index is 0.0856. The second-order valence-electron chi connectivity index (χ2n) is 6.24. The van der Waals surface area contributed by atoms with Crippen molar-refractivity contribution in [3.8, 4) is 0 Å². The summed E-state index contributed by atoms with van der Waals surface area (Å²) in [4.78, 5) is -0.369. The van der Waals surface area contributed by atoms with Crippen LogP contribution in [0, 0.1) is 11.6 Å². The van der Waals surface area contributed by atoms with E-state index in [1.807, 2.05) is 0 Å². The molecule has 0 aliphatic carbocycles. The average Bonchev–Trinajstić information content (AvgIpc) is 2.61. The molecule has 3 rings (SSSR count). The van der Waals surface area contributed by atoms with Gasteiger partial charge in [-0.05, 0) is 43.3 Å². The molecule has 1 aliphatic rings. The molecule has 2 aromatic carbocycles. The zero-order valence-corrected chi connectivity index (χ0v) is 16.1. The number of hydrogen-bond donors (Lipinski definition) is 0. The Labute approximate surface area is 157 Å². The Balaban J connectivity index is 1.84. The molecule has 1 saturated heterocycles. The number of piperazine rings is 1. The van der Waals surface area contributed by atoms with E-state index in [0.717, 1.165) is 32.9 Å². The van der Waals surface area contributed by atoms with Crippen LogP contribution >= 0.6 is 0 Å². The summed E-state index contributed by atoms with van der Waals surface area (Å²) in [6.45, 7) is 1.31. The molecule has 0 bridgehead atoms. The first kappa shape index (κ1) is 19.9. The fraction of sp³-hybridized carbons (Fsp3) is 0.294. The fourth-order valence-corrected chi connectivity index (χ4v) is 6.21. The molecule has 1 heterocycles. The molecule has 2 aromatic rings. The lowest BCUT2D eigenvalue weighted by atomic mass is 10.3. The highest BCUT2D eigenvalue weighted by molar-refractivity contribution is 7.89. The summed E-state index contributed by atoms with van der Waals surface area (Å²) in [5.41, 5.74) is 0. The van der Waals surface area contributed by atoms with Gasteiger partial charge >= 0.3 is 0 Å². The van der Waals surface area contributed by atoms with Gasteiger partial charge in [-0.3, -0.25) is 0 Å². The van der Waals surface area contributed by atoms with Crippen LogP contribution < -0.4 is 0 Å². The summed E-state index contributed by atoms with van der Waals surface area (Å²) in [5, 5.41) is 0. The van der Waals surface area contributed by atoms with Crippen molar-refractivity contribution in [1.82, 2.24) is 8.61 Å².